The highest BCUT2D eigenvalue weighted by molar-refractivity contribution is 6.54. The summed E-state index contributed by atoms with van der Waals surface area (Å²) in [5.74, 6) is -0.631. The van der Waals surface area contributed by atoms with Gasteiger partial charge in [0.15, 0.2) is 0 Å². The van der Waals surface area contributed by atoms with Crippen molar-refractivity contribution in [1.82, 2.24) is 0 Å². The number of methoxy groups -OCH3 is 1. The fraction of sp³-hybridized carbons (Fsp3) is 0.0588. The van der Waals surface area contributed by atoms with Crippen LogP contribution in [0.4, 0.5) is 11.4 Å². The van der Waals surface area contributed by atoms with Gasteiger partial charge >= 0.3 is 0 Å². The van der Waals surface area contributed by atoms with Crippen molar-refractivity contribution in [1.29, 1.82) is 0 Å². The van der Waals surface area contributed by atoms with E-state index >= 15 is 0 Å². The molecule has 0 aromatic heterocycles. The third-order valence-corrected chi connectivity index (χ3v) is 4.44. The van der Waals surface area contributed by atoms with Gasteiger partial charge in [0.2, 0.25) is 0 Å². The number of halogens is 3. The smallest absolute Gasteiger partial charge is 0.283 e. The summed E-state index contributed by atoms with van der Waals surface area (Å²) in [6.45, 7) is 0. The van der Waals surface area contributed by atoms with Crippen LogP contribution in [0.3, 0.4) is 0 Å². The zero-order valence-electron chi connectivity index (χ0n) is 12.8. The Morgan fingerprint density at radius 3 is 2.28 bits per heavy atom. The van der Waals surface area contributed by atoms with Crippen molar-refractivity contribution in [3.63, 3.8) is 0 Å². The molecule has 1 aliphatic rings. The maximum absolute atomic E-state index is 12.7. The molecule has 2 aromatic carbocycles. The molecule has 0 aliphatic carbocycles. The number of carbonyl (C=O) groups excluding carboxylic acids is 2. The van der Waals surface area contributed by atoms with E-state index in [4.69, 9.17) is 39.5 Å². The zero-order valence-corrected chi connectivity index (χ0v) is 15.1. The second-order valence-corrected chi connectivity index (χ2v) is 6.31. The Morgan fingerprint density at radius 1 is 0.960 bits per heavy atom. The van der Waals surface area contributed by atoms with Gasteiger partial charge in [0.05, 0.1) is 17.8 Å². The molecular formula is C17H11Cl3N2O3. The lowest BCUT2D eigenvalue weighted by Gasteiger charge is -2.17. The van der Waals surface area contributed by atoms with Gasteiger partial charge in [-0.25, -0.2) is 4.90 Å². The van der Waals surface area contributed by atoms with E-state index in [1.165, 1.54) is 12.1 Å². The first-order valence-corrected chi connectivity index (χ1v) is 8.20. The minimum Gasteiger partial charge on any atom is -0.497 e. The molecule has 0 fully saturated rings. The maximum atomic E-state index is 12.7. The van der Waals surface area contributed by atoms with Gasteiger partial charge in [0.25, 0.3) is 11.8 Å². The van der Waals surface area contributed by atoms with Crippen LogP contribution in [-0.4, -0.2) is 18.9 Å². The predicted octanol–water partition coefficient (Wildman–Crippen LogP) is 4.44. The summed E-state index contributed by atoms with van der Waals surface area (Å²) in [7, 11) is 1.55. The molecule has 1 aliphatic heterocycles. The number of nitrogens with one attached hydrogen (secondary N) is 1. The molecule has 0 radical (unpaired) electrons. The number of ether oxygens (including phenoxy) is 1. The quantitative estimate of drug-likeness (QED) is 0.775. The monoisotopic (exact) mass is 396 g/mol. The van der Waals surface area contributed by atoms with E-state index in [0.717, 1.165) is 4.90 Å². The van der Waals surface area contributed by atoms with Crippen molar-refractivity contribution in [3.8, 4) is 5.75 Å². The summed E-state index contributed by atoms with van der Waals surface area (Å²) >= 11 is 18.1. The Kier molecular flexibility index (Phi) is 4.90. The van der Waals surface area contributed by atoms with E-state index in [2.05, 4.69) is 5.32 Å². The summed E-state index contributed by atoms with van der Waals surface area (Å²) in [4.78, 5) is 26.0. The van der Waals surface area contributed by atoms with Gasteiger partial charge in [-0.3, -0.25) is 9.59 Å². The van der Waals surface area contributed by atoms with Crippen LogP contribution in [0.15, 0.2) is 53.2 Å². The van der Waals surface area contributed by atoms with E-state index in [0.29, 0.717) is 16.5 Å². The number of rotatable bonds is 4. The van der Waals surface area contributed by atoms with Gasteiger partial charge < -0.3 is 10.1 Å². The second kappa shape index (κ2) is 6.96. The average Bonchev–Trinajstić information content (AvgIpc) is 2.81. The van der Waals surface area contributed by atoms with Crippen LogP contribution >= 0.6 is 34.8 Å². The second-order valence-electron chi connectivity index (χ2n) is 5.08. The molecule has 0 saturated heterocycles. The molecule has 1 N–H and O–H groups in total. The lowest BCUT2D eigenvalue weighted by Crippen LogP contribution is -2.32. The van der Waals surface area contributed by atoms with E-state index in [1.54, 1.807) is 37.4 Å². The number of imide groups is 1. The number of hydrogen-bond donors (Lipinski definition) is 1. The maximum Gasteiger partial charge on any atom is 0.283 e. The third-order valence-electron chi connectivity index (χ3n) is 3.54. The Balaban J connectivity index is 1.92. The van der Waals surface area contributed by atoms with Crippen LogP contribution in [-0.2, 0) is 9.59 Å². The topological polar surface area (TPSA) is 58.6 Å². The largest absolute Gasteiger partial charge is 0.497 e. The predicted molar refractivity (Wildman–Crippen MR) is 98.5 cm³/mol. The van der Waals surface area contributed by atoms with Crippen LogP contribution in [0.25, 0.3) is 0 Å². The van der Waals surface area contributed by atoms with E-state index in [-0.39, 0.29) is 21.4 Å². The van der Waals surface area contributed by atoms with Gasteiger partial charge in [-0.1, -0.05) is 34.8 Å². The van der Waals surface area contributed by atoms with Crippen molar-refractivity contribution in [2.45, 2.75) is 0 Å². The lowest BCUT2D eigenvalue weighted by atomic mass is 10.2. The van der Waals surface area contributed by atoms with Crippen LogP contribution in [0.2, 0.25) is 10.0 Å². The van der Waals surface area contributed by atoms with Crippen molar-refractivity contribution in [2.24, 2.45) is 0 Å². The number of hydrogen-bond acceptors (Lipinski definition) is 4. The highest BCUT2D eigenvalue weighted by Crippen LogP contribution is 2.35. The molecule has 5 nitrogen and oxygen atoms in total. The molecule has 2 amide bonds. The van der Waals surface area contributed by atoms with Gasteiger partial charge in [0, 0.05) is 10.7 Å². The molecule has 2 aromatic rings. The summed E-state index contributed by atoms with van der Waals surface area (Å²) in [5.41, 5.74) is 0.718. The van der Waals surface area contributed by atoms with Crippen LogP contribution in [0.5, 0.6) is 5.75 Å². The zero-order chi connectivity index (χ0) is 18.1. The normalized spacial score (nSPS) is 14.3. The van der Waals surface area contributed by atoms with E-state index < -0.39 is 11.8 Å². The van der Waals surface area contributed by atoms with Gasteiger partial charge in [-0.15, -0.1) is 0 Å². The van der Waals surface area contributed by atoms with Gasteiger partial charge in [0.1, 0.15) is 16.5 Å². The van der Waals surface area contributed by atoms with Crippen molar-refractivity contribution in [2.75, 3.05) is 17.3 Å². The molecule has 128 valence electrons. The van der Waals surface area contributed by atoms with Crippen LogP contribution in [0.1, 0.15) is 0 Å². The van der Waals surface area contributed by atoms with Crippen LogP contribution in [0, 0.1) is 0 Å². The number of nitrogens with zero attached hydrogens (tertiary/aromatic N) is 1. The molecule has 8 heteroatoms. The summed E-state index contributed by atoms with van der Waals surface area (Å²) in [6.07, 6.45) is 0. The fourth-order valence-electron chi connectivity index (χ4n) is 2.31. The van der Waals surface area contributed by atoms with Crippen molar-refractivity contribution < 1.29 is 14.3 Å². The highest BCUT2D eigenvalue weighted by Gasteiger charge is 2.39. The Bertz CT molecular complexity index is 895. The lowest BCUT2D eigenvalue weighted by molar-refractivity contribution is -0.120. The highest BCUT2D eigenvalue weighted by atomic mass is 35.5. The first-order valence-electron chi connectivity index (χ1n) is 7.07. The Hall–Kier alpha value is -2.21. The van der Waals surface area contributed by atoms with E-state index in [1.807, 2.05) is 0 Å². The number of carbonyl (C=O) groups is 2. The number of anilines is 2. The van der Waals surface area contributed by atoms with Gasteiger partial charge in [-0.05, 0) is 42.5 Å². The molecule has 0 saturated carbocycles. The Morgan fingerprint density at radius 2 is 1.64 bits per heavy atom. The molecule has 1 heterocycles. The molecule has 0 unspecified atom stereocenters. The minimum absolute atomic E-state index is 0.0344. The van der Waals surface area contributed by atoms with Crippen molar-refractivity contribution in [3.05, 3.63) is 63.2 Å². The molecule has 0 spiro atoms. The average molecular weight is 398 g/mol. The number of benzene rings is 2. The first-order chi connectivity index (χ1) is 11.9. The van der Waals surface area contributed by atoms with E-state index in [9.17, 15) is 9.59 Å². The minimum atomic E-state index is -0.674. The fourth-order valence-corrected chi connectivity index (χ4v) is 2.89. The molecule has 3 rings (SSSR count). The SMILES string of the molecule is COc1ccc(NC2=C(Cl)C(=O)N(c3cc(Cl)ccc3Cl)C2=O)cc1. The molecule has 0 atom stereocenters. The molecule has 25 heavy (non-hydrogen) atoms. The third kappa shape index (κ3) is 3.31. The Labute approximate surface area is 158 Å². The first kappa shape index (κ1) is 17.6. The summed E-state index contributed by atoms with van der Waals surface area (Å²) in [6, 6.07) is 11.3. The van der Waals surface area contributed by atoms with Crippen LogP contribution < -0.4 is 15.0 Å². The standard InChI is InChI=1S/C17H11Cl3N2O3/c1-25-11-5-3-10(4-6-11)21-15-14(20)16(23)22(17(15)24)13-8-9(18)2-7-12(13)19/h2-8,21H,1H3. The summed E-state index contributed by atoms with van der Waals surface area (Å²) in [5, 5.41) is 3.18. The molecular weight excluding hydrogens is 387 g/mol. The summed E-state index contributed by atoms with van der Waals surface area (Å²) < 4.78 is 5.08. The van der Waals surface area contributed by atoms with Gasteiger partial charge in [-0.2, -0.15) is 0 Å². The van der Waals surface area contributed by atoms with Crippen molar-refractivity contribution >= 4 is 58.0 Å². The molecule has 0 bridgehead atoms. The number of amides is 2.